The van der Waals surface area contributed by atoms with Gasteiger partial charge in [-0.25, -0.2) is 0 Å². The van der Waals surface area contributed by atoms with Crippen LogP contribution in [0.5, 0.6) is 0 Å². The molecule has 6 heteroatoms. The maximum atomic E-state index is 13.0. The van der Waals surface area contributed by atoms with Crippen molar-refractivity contribution >= 4 is 51.1 Å². The van der Waals surface area contributed by atoms with E-state index < -0.39 is 5.91 Å². The standard InChI is InChI=1S/C24H20BrClN2O2/c1-15-6-10-18(11-7-15)23(29)28-22(14-17-8-12-19(25)13-9-17)24(30)27-21-5-3-4-20(26)16(21)2/h3-14H,1-2H3,(H,27,30)(H,28,29)/b22-14-. The maximum Gasteiger partial charge on any atom is 0.272 e. The first-order valence-electron chi connectivity index (χ1n) is 9.25. The van der Waals surface area contributed by atoms with E-state index in [9.17, 15) is 9.59 Å². The summed E-state index contributed by atoms with van der Waals surface area (Å²) >= 11 is 9.55. The summed E-state index contributed by atoms with van der Waals surface area (Å²) in [6.07, 6.45) is 1.63. The van der Waals surface area contributed by atoms with Gasteiger partial charge in [0.2, 0.25) is 0 Å². The third kappa shape index (κ3) is 5.59. The molecule has 0 aromatic heterocycles. The van der Waals surface area contributed by atoms with E-state index in [1.807, 2.05) is 50.2 Å². The molecule has 0 saturated carbocycles. The van der Waals surface area contributed by atoms with Crippen LogP contribution in [-0.2, 0) is 4.79 Å². The first-order chi connectivity index (χ1) is 14.3. The van der Waals surface area contributed by atoms with E-state index in [1.165, 1.54) is 0 Å². The molecule has 0 aliphatic rings. The third-order valence-corrected chi connectivity index (χ3v) is 5.44. The Balaban J connectivity index is 1.91. The van der Waals surface area contributed by atoms with E-state index in [0.29, 0.717) is 16.3 Å². The molecule has 30 heavy (non-hydrogen) atoms. The van der Waals surface area contributed by atoms with Crippen molar-refractivity contribution in [2.75, 3.05) is 5.32 Å². The van der Waals surface area contributed by atoms with Crippen molar-refractivity contribution < 1.29 is 9.59 Å². The highest BCUT2D eigenvalue weighted by molar-refractivity contribution is 9.10. The molecule has 4 nitrogen and oxygen atoms in total. The van der Waals surface area contributed by atoms with Gasteiger partial charge < -0.3 is 10.6 Å². The van der Waals surface area contributed by atoms with Crippen LogP contribution in [0.2, 0.25) is 5.02 Å². The summed E-state index contributed by atoms with van der Waals surface area (Å²) in [6, 6.07) is 19.8. The van der Waals surface area contributed by atoms with Gasteiger partial charge in [0.05, 0.1) is 0 Å². The van der Waals surface area contributed by atoms with E-state index >= 15 is 0 Å². The number of halogens is 2. The van der Waals surface area contributed by atoms with Crippen LogP contribution in [0.3, 0.4) is 0 Å². The number of amides is 2. The Labute approximate surface area is 189 Å². The predicted octanol–water partition coefficient (Wildman–Crippen LogP) is 6.13. The van der Waals surface area contributed by atoms with Crippen molar-refractivity contribution in [1.82, 2.24) is 5.32 Å². The average molecular weight is 484 g/mol. The van der Waals surface area contributed by atoms with Crippen molar-refractivity contribution in [2.45, 2.75) is 13.8 Å². The molecule has 0 saturated heterocycles. The molecule has 0 bridgehead atoms. The number of aryl methyl sites for hydroxylation is 1. The van der Waals surface area contributed by atoms with Gasteiger partial charge in [-0.3, -0.25) is 9.59 Å². The molecule has 0 aliphatic carbocycles. The highest BCUT2D eigenvalue weighted by Crippen LogP contribution is 2.23. The van der Waals surface area contributed by atoms with Gasteiger partial charge in [-0.1, -0.05) is 63.4 Å². The van der Waals surface area contributed by atoms with Crippen molar-refractivity contribution in [3.8, 4) is 0 Å². The number of hydrogen-bond donors (Lipinski definition) is 2. The van der Waals surface area contributed by atoms with Gasteiger partial charge in [-0.05, 0) is 67.4 Å². The van der Waals surface area contributed by atoms with Crippen LogP contribution in [0.15, 0.2) is 76.9 Å². The number of nitrogens with one attached hydrogen (secondary N) is 2. The summed E-state index contributed by atoms with van der Waals surface area (Å²) in [5.41, 5.74) is 3.75. The van der Waals surface area contributed by atoms with Crippen LogP contribution >= 0.6 is 27.5 Å². The van der Waals surface area contributed by atoms with Gasteiger partial charge in [0, 0.05) is 20.7 Å². The molecule has 0 aliphatic heterocycles. The van der Waals surface area contributed by atoms with Gasteiger partial charge in [0.25, 0.3) is 11.8 Å². The van der Waals surface area contributed by atoms with E-state index in [2.05, 4.69) is 26.6 Å². The lowest BCUT2D eigenvalue weighted by Gasteiger charge is -2.13. The second-order valence-electron chi connectivity index (χ2n) is 6.80. The first kappa shape index (κ1) is 21.8. The molecule has 0 radical (unpaired) electrons. The van der Waals surface area contributed by atoms with Crippen molar-refractivity contribution in [3.05, 3.63) is 104 Å². The molecule has 3 aromatic carbocycles. The summed E-state index contributed by atoms with van der Waals surface area (Å²) in [6.45, 7) is 3.77. The van der Waals surface area contributed by atoms with E-state index in [4.69, 9.17) is 11.6 Å². The van der Waals surface area contributed by atoms with Crippen LogP contribution in [0, 0.1) is 13.8 Å². The molecule has 0 atom stereocenters. The van der Waals surface area contributed by atoms with Gasteiger partial charge >= 0.3 is 0 Å². The molecule has 152 valence electrons. The number of benzene rings is 3. The monoisotopic (exact) mass is 482 g/mol. The molecule has 0 spiro atoms. The fraction of sp³-hybridized carbons (Fsp3) is 0.0833. The minimum absolute atomic E-state index is 0.127. The number of rotatable bonds is 5. The average Bonchev–Trinajstić information content (AvgIpc) is 2.73. The van der Waals surface area contributed by atoms with Crippen molar-refractivity contribution in [1.29, 1.82) is 0 Å². The van der Waals surface area contributed by atoms with Crippen molar-refractivity contribution in [2.24, 2.45) is 0 Å². The summed E-state index contributed by atoms with van der Waals surface area (Å²) in [4.78, 5) is 25.8. The highest BCUT2D eigenvalue weighted by atomic mass is 79.9. The minimum atomic E-state index is -0.441. The Morgan fingerprint density at radius 1 is 0.933 bits per heavy atom. The van der Waals surface area contributed by atoms with Gasteiger partial charge in [-0.2, -0.15) is 0 Å². The molecule has 0 fully saturated rings. The lowest BCUT2D eigenvalue weighted by Crippen LogP contribution is -2.31. The lowest BCUT2D eigenvalue weighted by atomic mass is 10.1. The Morgan fingerprint density at radius 3 is 2.27 bits per heavy atom. The van der Waals surface area contributed by atoms with Crippen molar-refractivity contribution in [3.63, 3.8) is 0 Å². The Morgan fingerprint density at radius 2 is 1.60 bits per heavy atom. The zero-order chi connectivity index (χ0) is 21.7. The number of hydrogen-bond acceptors (Lipinski definition) is 2. The predicted molar refractivity (Wildman–Crippen MR) is 126 cm³/mol. The normalized spacial score (nSPS) is 11.1. The van der Waals surface area contributed by atoms with Crippen LogP contribution in [0.25, 0.3) is 6.08 Å². The van der Waals surface area contributed by atoms with Crippen LogP contribution in [0.4, 0.5) is 5.69 Å². The quantitative estimate of drug-likeness (QED) is 0.429. The fourth-order valence-electron chi connectivity index (χ4n) is 2.72. The van der Waals surface area contributed by atoms with E-state index in [0.717, 1.165) is 21.2 Å². The number of carbonyl (C=O) groups excluding carboxylic acids is 2. The van der Waals surface area contributed by atoms with Gasteiger partial charge in [0.15, 0.2) is 0 Å². The SMILES string of the molecule is Cc1ccc(C(=O)N/C(=C\c2ccc(Br)cc2)C(=O)Nc2cccc(Cl)c2C)cc1. The molecule has 3 aromatic rings. The Bertz CT molecular complexity index is 1110. The van der Waals surface area contributed by atoms with Crippen LogP contribution < -0.4 is 10.6 Å². The second kappa shape index (κ2) is 9.74. The second-order valence-corrected chi connectivity index (χ2v) is 8.12. The summed E-state index contributed by atoms with van der Waals surface area (Å²) in [7, 11) is 0. The minimum Gasteiger partial charge on any atom is -0.320 e. The number of carbonyl (C=O) groups is 2. The van der Waals surface area contributed by atoms with E-state index in [1.54, 1.807) is 36.4 Å². The van der Waals surface area contributed by atoms with Crippen LogP contribution in [0.1, 0.15) is 27.0 Å². The third-order valence-electron chi connectivity index (χ3n) is 4.50. The fourth-order valence-corrected chi connectivity index (χ4v) is 3.15. The topological polar surface area (TPSA) is 58.2 Å². The summed E-state index contributed by atoms with van der Waals surface area (Å²) in [5.74, 6) is -0.805. The molecule has 2 N–H and O–H groups in total. The summed E-state index contributed by atoms with van der Waals surface area (Å²) in [5, 5.41) is 6.12. The molecule has 2 amide bonds. The molecule has 0 heterocycles. The maximum absolute atomic E-state index is 13.0. The number of anilines is 1. The van der Waals surface area contributed by atoms with Gasteiger partial charge in [0.1, 0.15) is 5.70 Å². The highest BCUT2D eigenvalue weighted by Gasteiger charge is 2.16. The molecule has 3 rings (SSSR count). The van der Waals surface area contributed by atoms with Gasteiger partial charge in [-0.15, -0.1) is 0 Å². The zero-order valence-electron chi connectivity index (χ0n) is 16.5. The van der Waals surface area contributed by atoms with Crippen LogP contribution in [-0.4, -0.2) is 11.8 Å². The zero-order valence-corrected chi connectivity index (χ0v) is 18.8. The molecular formula is C24H20BrClN2O2. The largest absolute Gasteiger partial charge is 0.320 e. The first-order valence-corrected chi connectivity index (χ1v) is 10.4. The lowest BCUT2D eigenvalue weighted by molar-refractivity contribution is -0.113. The van der Waals surface area contributed by atoms with E-state index in [-0.39, 0.29) is 11.6 Å². The Hall–Kier alpha value is -2.89. The molecule has 0 unspecified atom stereocenters. The smallest absolute Gasteiger partial charge is 0.272 e. The molecular weight excluding hydrogens is 464 g/mol. The Kier molecular flexibility index (Phi) is 7.08. The summed E-state index contributed by atoms with van der Waals surface area (Å²) < 4.78 is 0.920.